The van der Waals surface area contributed by atoms with Crippen molar-refractivity contribution in [3.8, 4) is 28.5 Å². The van der Waals surface area contributed by atoms with Gasteiger partial charge in [0, 0.05) is 29.3 Å². The summed E-state index contributed by atoms with van der Waals surface area (Å²) in [6, 6.07) is 15.6. The smallest absolute Gasteiger partial charge is 0.251 e. The summed E-state index contributed by atoms with van der Waals surface area (Å²) in [5, 5.41) is 3.04. The van der Waals surface area contributed by atoms with E-state index in [1.807, 2.05) is 19.9 Å². The van der Waals surface area contributed by atoms with Gasteiger partial charge in [0.05, 0.1) is 19.8 Å². The molecule has 0 bridgehead atoms. The van der Waals surface area contributed by atoms with Crippen molar-refractivity contribution < 1.29 is 19.0 Å². The van der Waals surface area contributed by atoms with Crippen molar-refractivity contribution in [3.05, 3.63) is 70.9 Å². The van der Waals surface area contributed by atoms with Crippen LogP contribution in [-0.4, -0.2) is 37.3 Å². The third kappa shape index (κ3) is 5.94. The van der Waals surface area contributed by atoms with Crippen molar-refractivity contribution in [1.82, 2.24) is 10.3 Å². The maximum absolute atomic E-state index is 12.9. The Morgan fingerprint density at radius 2 is 1.83 bits per heavy atom. The average molecular weight is 475 g/mol. The Hall–Kier alpha value is -3.54. The predicted octanol–water partition coefficient (Wildman–Crippen LogP) is 5.85. The normalized spacial score (nSPS) is 13.7. The van der Waals surface area contributed by atoms with Crippen molar-refractivity contribution in [2.45, 2.75) is 52.6 Å². The van der Waals surface area contributed by atoms with E-state index in [1.165, 1.54) is 5.56 Å². The van der Waals surface area contributed by atoms with Gasteiger partial charge in [-0.15, -0.1) is 0 Å². The van der Waals surface area contributed by atoms with Crippen molar-refractivity contribution >= 4 is 5.91 Å². The van der Waals surface area contributed by atoms with Crippen LogP contribution in [0.2, 0.25) is 0 Å². The molecule has 0 aliphatic heterocycles. The largest absolute Gasteiger partial charge is 0.493 e. The fraction of sp³-hybridized carbons (Fsp3) is 0.379. The van der Waals surface area contributed by atoms with Crippen LogP contribution in [0.3, 0.4) is 0 Å². The summed E-state index contributed by atoms with van der Waals surface area (Å²) in [6.07, 6.45) is 2.39. The molecule has 35 heavy (non-hydrogen) atoms. The molecule has 184 valence electrons. The highest BCUT2D eigenvalue weighted by Crippen LogP contribution is 2.35. The zero-order chi connectivity index (χ0) is 24.9. The molecule has 6 heteroatoms. The van der Waals surface area contributed by atoms with Gasteiger partial charge in [0.2, 0.25) is 0 Å². The van der Waals surface area contributed by atoms with Gasteiger partial charge in [-0.25, -0.2) is 4.98 Å². The van der Waals surface area contributed by atoms with Crippen LogP contribution in [0.25, 0.3) is 11.3 Å². The van der Waals surface area contributed by atoms with Crippen molar-refractivity contribution in [3.63, 3.8) is 0 Å². The second-order valence-electron chi connectivity index (χ2n) is 9.13. The number of hydrogen-bond donors (Lipinski definition) is 1. The maximum atomic E-state index is 12.9. The van der Waals surface area contributed by atoms with Gasteiger partial charge in [0.15, 0.2) is 11.5 Å². The van der Waals surface area contributed by atoms with E-state index in [1.54, 1.807) is 25.3 Å². The van der Waals surface area contributed by atoms with Gasteiger partial charge < -0.3 is 19.5 Å². The molecule has 0 radical (unpaired) electrons. The van der Waals surface area contributed by atoms with Crippen LogP contribution in [0.1, 0.15) is 59.8 Å². The van der Waals surface area contributed by atoms with Gasteiger partial charge >= 0.3 is 0 Å². The minimum Gasteiger partial charge on any atom is -0.493 e. The number of nitrogens with zero attached hydrogens (tertiary/aromatic N) is 1. The number of benzene rings is 2. The Bertz CT molecular complexity index is 1190. The molecule has 1 aliphatic carbocycles. The molecular formula is C29H34N2O4. The Labute approximate surface area is 207 Å². The molecular weight excluding hydrogens is 440 g/mol. The van der Waals surface area contributed by atoms with Crippen LogP contribution >= 0.6 is 0 Å². The quantitative estimate of drug-likeness (QED) is 0.399. The topological polar surface area (TPSA) is 69.7 Å². The number of hydrogen-bond acceptors (Lipinski definition) is 5. The van der Waals surface area contributed by atoms with E-state index < -0.39 is 0 Å². The first-order chi connectivity index (χ1) is 16.9. The molecule has 0 saturated heterocycles. The second kappa shape index (κ2) is 10.8. The SMILES string of the molecule is CCOc1c(C)cc(C(C)CNC(=O)c2ccc(OC3CC3)c(OC)c2)nc1-c1ccc(C)cc1. The summed E-state index contributed by atoms with van der Waals surface area (Å²) in [5.41, 5.74) is 5.51. The molecule has 1 heterocycles. The molecule has 1 unspecified atom stereocenters. The number of rotatable bonds is 10. The Balaban J connectivity index is 1.50. The summed E-state index contributed by atoms with van der Waals surface area (Å²) in [6.45, 7) is 9.17. The number of carbonyl (C=O) groups excluding carboxylic acids is 1. The monoisotopic (exact) mass is 474 g/mol. The molecule has 1 saturated carbocycles. The summed E-state index contributed by atoms with van der Waals surface area (Å²) < 4.78 is 17.2. The Kier molecular flexibility index (Phi) is 7.59. The lowest BCUT2D eigenvalue weighted by atomic mass is 10.0. The summed E-state index contributed by atoms with van der Waals surface area (Å²) >= 11 is 0. The first-order valence-electron chi connectivity index (χ1n) is 12.2. The van der Waals surface area contributed by atoms with Crippen molar-refractivity contribution in [2.24, 2.45) is 0 Å². The zero-order valence-electron chi connectivity index (χ0n) is 21.2. The van der Waals surface area contributed by atoms with E-state index in [4.69, 9.17) is 19.2 Å². The summed E-state index contributed by atoms with van der Waals surface area (Å²) in [4.78, 5) is 17.8. The number of pyridine rings is 1. The molecule has 1 N–H and O–H groups in total. The predicted molar refractivity (Wildman–Crippen MR) is 138 cm³/mol. The lowest BCUT2D eigenvalue weighted by Crippen LogP contribution is -2.28. The highest BCUT2D eigenvalue weighted by Gasteiger charge is 2.25. The standard InChI is InChI=1S/C29H34N2O4/c1-6-34-28-19(3)15-24(31-27(28)21-9-7-18(2)8-10-21)20(4)17-30-29(32)22-11-14-25(26(16-22)33-5)35-23-12-13-23/h7-11,14-16,20,23H,6,12-13,17H2,1-5H3,(H,30,32). The van der Waals surface area contributed by atoms with Gasteiger partial charge in [0.1, 0.15) is 11.4 Å². The number of ether oxygens (including phenoxy) is 3. The van der Waals surface area contributed by atoms with Crippen LogP contribution in [0.4, 0.5) is 0 Å². The van der Waals surface area contributed by atoms with Crippen molar-refractivity contribution in [1.29, 1.82) is 0 Å². The van der Waals surface area contributed by atoms with Gasteiger partial charge in [-0.3, -0.25) is 4.79 Å². The molecule has 1 atom stereocenters. The lowest BCUT2D eigenvalue weighted by molar-refractivity contribution is 0.0951. The number of amides is 1. The number of carbonyl (C=O) groups is 1. The average Bonchev–Trinajstić information content (AvgIpc) is 3.68. The van der Waals surface area contributed by atoms with Crippen molar-refractivity contribution in [2.75, 3.05) is 20.3 Å². The third-order valence-corrected chi connectivity index (χ3v) is 6.11. The van der Waals surface area contributed by atoms with E-state index in [0.29, 0.717) is 30.2 Å². The van der Waals surface area contributed by atoms with E-state index in [2.05, 4.69) is 43.4 Å². The highest BCUT2D eigenvalue weighted by molar-refractivity contribution is 5.94. The Morgan fingerprint density at radius 3 is 2.49 bits per heavy atom. The van der Waals surface area contributed by atoms with Crippen LogP contribution in [0.15, 0.2) is 48.5 Å². The molecule has 0 spiro atoms. The summed E-state index contributed by atoms with van der Waals surface area (Å²) in [7, 11) is 1.59. The first-order valence-corrected chi connectivity index (χ1v) is 12.2. The Morgan fingerprint density at radius 1 is 1.09 bits per heavy atom. The molecule has 1 fully saturated rings. The summed E-state index contributed by atoms with van der Waals surface area (Å²) in [5.74, 6) is 1.91. The van der Waals surface area contributed by atoms with E-state index in [9.17, 15) is 4.79 Å². The second-order valence-corrected chi connectivity index (χ2v) is 9.13. The number of nitrogens with one attached hydrogen (secondary N) is 1. The number of aromatic nitrogens is 1. The van der Waals surface area contributed by atoms with E-state index in [-0.39, 0.29) is 17.9 Å². The highest BCUT2D eigenvalue weighted by atomic mass is 16.5. The molecule has 6 nitrogen and oxygen atoms in total. The van der Waals surface area contributed by atoms with Crippen LogP contribution < -0.4 is 19.5 Å². The van der Waals surface area contributed by atoms with Gasteiger partial charge in [0.25, 0.3) is 5.91 Å². The van der Waals surface area contributed by atoms with E-state index >= 15 is 0 Å². The maximum Gasteiger partial charge on any atom is 0.251 e. The van der Waals surface area contributed by atoms with E-state index in [0.717, 1.165) is 41.1 Å². The molecule has 1 amide bonds. The lowest BCUT2D eigenvalue weighted by Gasteiger charge is -2.18. The molecule has 3 aromatic rings. The van der Waals surface area contributed by atoms with Gasteiger partial charge in [-0.1, -0.05) is 36.8 Å². The molecule has 1 aromatic heterocycles. The third-order valence-electron chi connectivity index (χ3n) is 6.11. The number of methoxy groups -OCH3 is 1. The molecule has 4 rings (SSSR count). The first kappa shape index (κ1) is 24.6. The van der Waals surface area contributed by atoms with Crippen LogP contribution in [0.5, 0.6) is 17.2 Å². The van der Waals surface area contributed by atoms with Gasteiger partial charge in [-0.05, 0) is 63.4 Å². The molecule has 1 aliphatic rings. The number of aryl methyl sites for hydroxylation is 2. The van der Waals surface area contributed by atoms with Crippen LogP contribution in [-0.2, 0) is 0 Å². The minimum absolute atomic E-state index is 0.0110. The minimum atomic E-state index is -0.158. The fourth-order valence-electron chi connectivity index (χ4n) is 3.90. The fourth-order valence-corrected chi connectivity index (χ4v) is 3.90. The molecule has 2 aromatic carbocycles. The van der Waals surface area contributed by atoms with Crippen LogP contribution in [0, 0.1) is 13.8 Å². The van der Waals surface area contributed by atoms with Gasteiger partial charge in [-0.2, -0.15) is 0 Å². The zero-order valence-corrected chi connectivity index (χ0v) is 21.2.